The molecule has 1 aliphatic heterocycles. The van der Waals surface area contributed by atoms with Crippen LogP contribution < -0.4 is 20.7 Å². The van der Waals surface area contributed by atoms with E-state index < -0.39 is 29.8 Å². The van der Waals surface area contributed by atoms with Crippen LogP contribution >= 0.6 is 0 Å². The first kappa shape index (κ1) is 36.6. The Morgan fingerprint density at radius 3 is 2.20 bits per heavy atom. The summed E-state index contributed by atoms with van der Waals surface area (Å²) in [5.41, 5.74) is 2.10. The number of nitrogens with zero attached hydrogens (tertiary/aromatic N) is 2. The lowest BCUT2D eigenvalue weighted by atomic mass is 10.0. The molecule has 1 heterocycles. The van der Waals surface area contributed by atoms with E-state index in [0.717, 1.165) is 11.1 Å². The van der Waals surface area contributed by atoms with E-state index in [1.54, 1.807) is 24.3 Å². The number of fused-ring (bicyclic) bond motifs is 1. The maximum atomic E-state index is 13.7. The predicted octanol–water partition coefficient (Wildman–Crippen LogP) is 3.33. The third kappa shape index (κ3) is 11.8. The highest BCUT2D eigenvalue weighted by atomic mass is 16.5. The molecule has 0 saturated carbocycles. The maximum absolute atomic E-state index is 13.7. The van der Waals surface area contributed by atoms with E-state index in [2.05, 4.69) is 16.0 Å². The minimum Gasteiger partial charge on any atom is -0.491 e. The molecular formula is C38H47N5O6. The Bertz CT molecular complexity index is 1570. The van der Waals surface area contributed by atoms with Gasteiger partial charge < -0.3 is 30.5 Å². The Morgan fingerprint density at radius 2 is 1.51 bits per heavy atom. The van der Waals surface area contributed by atoms with E-state index in [-0.39, 0.29) is 62.4 Å². The van der Waals surface area contributed by atoms with Crippen molar-refractivity contribution in [2.45, 2.75) is 58.2 Å². The van der Waals surface area contributed by atoms with Crippen molar-refractivity contribution in [1.29, 1.82) is 0 Å². The van der Waals surface area contributed by atoms with Crippen LogP contribution in [0.2, 0.25) is 0 Å². The molecule has 11 nitrogen and oxygen atoms in total. The minimum atomic E-state index is -1.04. The molecule has 0 fully saturated rings. The van der Waals surface area contributed by atoms with E-state index in [9.17, 15) is 24.0 Å². The van der Waals surface area contributed by atoms with Gasteiger partial charge in [0.05, 0.1) is 18.2 Å². The van der Waals surface area contributed by atoms with E-state index >= 15 is 0 Å². The van der Waals surface area contributed by atoms with Gasteiger partial charge in [-0.3, -0.25) is 24.0 Å². The Kier molecular flexibility index (Phi) is 13.7. The molecule has 3 N–H and O–H groups in total. The van der Waals surface area contributed by atoms with Gasteiger partial charge in [-0.25, -0.2) is 0 Å². The lowest BCUT2D eigenvalue weighted by molar-refractivity contribution is -0.142. The summed E-state index contributed by atoms with van der Waals surface area (Å²) in [5.74, 6) is -1.57. The molecule has 1 aliphatic rings. The molecule has 3 aromatic carbocycles. The van der Waals surface area contributed by atoms with Crippen LogP contribution in [0.4, 0.5) is 0 Å². The van der Waals surface area contributed by atoms with Gasteiger partial charge in [0, 0.05) is 26.6 Å². The number of para-hydroxylation sites is 1. The summed E-state index contributed by atoms with van der Waals surface area (Å²) < 4.78 is 6.09. The fourth-order valence-corrected chi connectivity index (χ4v) is 5.63. The largest absolute Gasteiger partial charge is 0.491 e. The highest BCUT2D eigenvalue weighted by Crippen LogP contribution is 2.20. The maximum Gasteiger partial charge on any atom is 0.255 e. The third-order valence-electron chi connectivity index (χ3n) is 8.22. The SMILES string of the molecule is CC(C)C[C@H]1COc2ccccc2C(=O)N[C@H](C(=O)NCCc2ccccc2)CCC(=O)N(Cc2ccccc2)CC(=O)N(C)CC(=O)N1. The van der Waals surface area contributed by atoms with Gasteiger partial charge in [0.2, 0.25) is 23.6 Å². The molecule has 0 aromatic heterocycles. The number of hydrogen-bond acceptors (Lipinski definition) is 6. The van der Waals surface area contributed by atoms with Gasteiger partial charge in [0.25, 0.3) is 5.91 Å². The number of benzene rings is 3. The first-order chi connectivity index (χ1) is 23.6. The second kappa shape index (κ2) is 18.4. The van der Waals surface area contributed by atoms with Crippen LogP contribution in [0.25, 0.3) is 0 Å². The first-order valence-corrected chi connectivity index (χ1v) is 16.8. The van der Waals surface area contributed by atoms with Crippen molar-refractivity contribution in [1.82, 2.24) is 25.8 Å². The Hall–Kier alpha value is -5.19. The van der Waals surface area contributed by atoms with Crippen molar-refractivity contribution in [2.75, 3.05) is 33.3 Å². The molecule has 0 radical (unpaired) electrons. The number of nitrogens with one attached hydrogen (secondary N) is 3. The van der Waals surface area contributed by atoms with E-state index in [1.807, 2.05) is 74.5 Å². The summed E-state index contributed by atoms with van der Waals surface area (Å²) in [6.45, 7) is 4.18. The number of hydrogen-bond donors (Lipinski definition) is 3. The molecule has 2 atom stereocenters. The topological polar surface area (TPSA) is 137 Å². The lowest BCUT2D eigenvalue weighted by Gasteiger charge is -2.27. The van der Waals surface area contributed by atoms with Crippen LogP contribution in [0.15, 0.2) is 84.9 Å². The monoisotopic (exact) mass is 669 g/mol. The molecule has 0 saturated heterocycles. The fourth-order valence-electron chi connectivity index (χ4n) is 5.63. The molecule has 0 spiro atoms. The summed E-state index contributed by atoms with van der Waals surface area (Å²) in [7, 11) is 1.53. The molecule has 3 aromatic rings. The van der Waals surface area contributed by atoms with Crippen molar-refractivity contribution >= 4 is 29.5 Å². The molecule has 4 rings (SSSR count). The highest BCUT2D eigenvalue weighted by Gasteiger charge is 2.28. The Morgan fingerprint density at radius 1 is 0.857 bits per heavy atom. The van der Waals surface area contributed by atoms with Crippen molar-refractivity contribution < 1.29 is 28.7 Å². The van der Waals surface area contributed by atoms with Gasteiger partial charge in [-0.15, -0.1) is 0 Å². The molecule has 0 unspecified atom stereocenters. The summed E-state index contributed by atoms with van der Waals surface area (Å²) >= 11 is 0. The Balaban J connectivity index is 1.62. The van der Waals surface area contributed by atoms with Gasteiger partial charge >= 0.3 is 0 Å². The Labute approximate surface area is 288 Å². The van der Waals surface area contributed by atoms with E-state index in [0.29, 0.717) is 25.1 Å². The van der Waals surface area contributed by atoms with Crippen LogP contribution in [0.1, 0.15) is 54.6 Å². The molecule has 49 heavy (non-hydrogen) atoms. The molecular weight excluding hydrogens is 622 g/mol. The van der Waals surface area contributed by atoms with Crippen LogP contribution in [-0.2, 0) is 32.1 Å². The average Bonchev–Trinajstić information content (AvgIpc) is 3.08. The predicted molar refractivity (Wildman–Crippen MR) is 186 cm³/mol. The van der Waals surface area contributed by atoms with Crippen molar-refractivity contribution in [2.24, 2.45) is 5.92 Å². The lowest BCUT2D eigenvalue weighted by Crippen LogP contribution is -2.49. The first-order valence-electron chi connectivity index (χ1n) is 16.8. The van der Waals surface area contributed by atoms with Gasteiger partial charge in [-0.2, -0.15) is 0 Å². The van der Waals surface area contributed by atoms with E-state index in [4.69, 9.17) is 4.74 Å². The number of rotatable bonds is 8. The molecule has 260 valence electrons. The minimum absolute atomic E-state index is 0.00104. The third-order valence-corrected chi connectivity index (χ3v) is 8.22. The molecule has 11 heteroatoms. The molecule has 0 bridgehead atoms. The molecule has 5 amide bonds. The van der Waals surface area contributed by atoms with Gasteiger partial charge in [-0.05, 0) is 48.4 Å². The zero-order valence-electron chi connectivity index (χ0n) is 28.5. The summed E-state index contributed by atoms with van der Waals surface area (Å²) in [6.07, 6.45) is 1.08. The van der Waals surface area contributed by atoms with Crippen LogP contribution in [-0.4, -0.2) is 84.7 Å². The van der Waals surface area contributed by atoms with Gasteiger partial charge in [-0.1, -0.05) is 86.6 Å². The van der Waals surface area contributed by atoms with Gasteiger partial charge in [0.15, 0.2) is 0 Å². The number of ether oxygens (including phenoxy) is 1. The van der Waals surface area contributed by atoms with Crippen molar-refractivity contribution in [3.63, 3.8) is 0 Å². The normalized spacial score (nSPS) is 18.4. The number of carbonyl (C=O) groups excluding carboxylic acids is 5. The fraction of sp³-hybridized carbons (Fsp3) is 0.395. The number of amides is 5. The van der Waals surface area contributed by atoms with Crippen LogP contribution in [0.5, 0.6) is 5.75 Å². The summed E-state index contributed by atoms with van der Waals surface area (Å²) in [6, 6.07) is 24.3. The zero-order valence-corrected chi connectivity index (χ0v) is 28.5. The smallest absolute Gasteiger partial charge is 0.255 e. The standard InChI is InChI=1S/C38H47N5O6/c1-27(2)22-30-26-49-33-17-11-10-16-31(33)37(47)41-32(38(48)39-21-20-28-12-6-4-7-13-28)18-19-35(45)43(23-29-14-8-5-9-15-29)25-36(46)42(3)24-34(44)40-30/h4-17,27,30,32H,18-26H2,1-3H3,(H,39,48)(H,40,44)(H,41,47)/t30-,32-/m0/s1. The van der Waals surface area contributed by atoms with Crippen LogP contribution in [0.3, 0.4) is 0 Å². The highest BCUT2D eigenvalue weighted by molar-refractivity contribution is 5.99. The second-order valence-corrected chi connectivity index (χ2v) is 12.8. The number of likely N-dealkylation sites (N-methyl/N-ethyl adjacent to an activating group) is 1. The summed E-state index contributed by atoms with van der Waals surface area (Å²) in [4.78, 5) is 70.1. The van der Waals surface area contributed by atoms with Gasteiger partial charge in [0.1, 0.15) is 24.9 Å². The summed E-state index contributed by atoms with van der Waals surface area (Å²) in [5, 5.41) is 8.71. The van der Waals surface area contributed by atoms with Crippen molar-refractivity contribution in [3.8, 4) is 5.75 Å². The second-order valence-electron chi connectivity index (χ2n) is 12.8. The molecule has 0 aliphatic carbocycles. The quantitative estimate of drug-likeness (QED) is 0.337. The van der Waals surface area contributed by atoms with Crippen molar-refractivity contribution in [3.05, 3.63) is 102 Å². The zero-order chi connectivity index (χ0) is 35.2. The van der Waals surface area contributed by atoms with E-state index in [1.165, 1.54) is 16.8 Å². The number of carbonyl (C=O) groups is 5. The average molecular weight is 670 g/mol. The van der Waals surface area contributed by atoms with Crippen LogP contribution in [0, 0.1) is 5.92 Å².